The minimum absolute atomic E-state index is 0.232. The van der Waals surface area contributed by atoms with Gasteiger partial charge in [-0.05, 0) is 24.3 Å². The molecule has 1 aromatic heterocycles. The summed E-state index contributed by atoms with van der Waals surface area (Å²) in [5.41, 5.74) is 1.28. The van der Waals surface area contributed by atoms with Crippen molar-refractivity contribution in [2.24, 2.45) is 0 Å². The summed E-state index contributed by atoms with van der Waals surface area (Å²) in [6, 6.07) is 16.0. The normalized spacial score (nSPS) is 10.2. The Morgan fingerprint density at radius 1 is 1.03 bits per heavy atom. The number of anilines is 1. The Labute approximate surface area is 165 Å². The number of hydrogen-bond acceptors (Lipinski definition) is 6. The molecule has 0 aliphatic heterocycles. The number of carbonyl (C=O) groups excluding carboxylic acids is 2. The number of benzene rings is 2. The van der Waals surface area contributed by atoms with Gasteiger partial charge in [0.2, 0.25) is 0 Å². The molecule has 29 heavy (non-hydrogen) atoms. The molecule has 9 nitrogen and oxygen atoms in total. The standard InChI is InChI=1S/C20H17N3O6/c1-28-16-9-5-2-6-13(16)12-21-19(24)14-7-3-4-8-15(14)22-20(25)17-10-11-18(29-17)23(26)27/h2-11H,12H2,1H3,(H,21,24)(H,22,25). The topological polar surface area (TPSA) is 124 Å². The molecule has 0 aliphatic rings. The maximum Gasteiger partial charge on any atom is 0.433 e. The van der Waals surface area contributed by atoms with Gasteiger partial charge in [-0.1, -0.05) is 30.3 Å². The van der Waals surface area contributed by atoms with Gasteiger partial charge in [-0.3, -0.25) is 19.7 Å². The van der Waals surface area contributed by atoms with Gasteiger partial charge < -0.3 is 19.8 Å². The highest BCUT2D eigenvalue weighted by Crippen LogP contribution is 2.21. The summed E-state index contributed by atoms with van der Waals surface area (Å²) < 4.78 is 10.1. The molecule has 0 unspecified atom stereocenters. The zero-order valence-corrected chi connectivity index (χ0v) is 15.4. The molecule has 0 aliphatic carbocycles. The number of nitrogens with one attached hydrogen (secondary N) is 2. The highest BCUT2D eigenvalue weighted by molar-refractivity contribution is 6.07. The van der Waals surface area contributed by atoms with Crippen LogP contribution in [0.3, 0.4) is 0 Å². The van der Waals surface area contributed by atoms with Crippen LogP contribution < -0.4 is 15.4 Å². The number of hydrogen-bond donors (Lipinski definition) is 2. The lowest BCUT2D eigenvalue weighted by atomic mass is 10.1. The lowest BCUT2D eigenvalue weighted by Gasteiger charge is -2.12. The third-order valence-corrected chi connectivity index (χ3v) is 4.05. The first-order chi connectivity index (χ1) is 14.0. The number of nitrogens with zero attached hydrogens (tertiary/aromatic N) is 1. The molecule has 0 atom stereocenters. The number of para-hydroxylation sites is 2. The van der Waals surface area contributed by atoms with Gasteiger partial charge in [0, 0.05) is 12.1 Å². The van der Waals surface area contributed by atoms with Crippen molar-refractivity contribution in [3.8, 4) is 5.75 Å². The van der Waals surface area contributed by atoms with E-state index in [0.29, 0.717) is 5.75 Å². The van der Waals surface area contributed by atoms with Crippen molar-refractivity contribution in [1.82, 2.24) is 5.32 Å². The maximum absolute atomic E-state index is 12.6. The maximum atomic E-state index is 12.6. The van der Waals surface area contributed by atoms with Crippen LogP contribution >= 0.6 is 0 Å². The van der Waals surface area contributed by atoms with Crippen LogP contribution in [0.1, 0.15) is 26.5 Å². The second-order valence-corrected chi connectivity index (χ2v) is 5.89. The zero-order chi connectivity index (χ0) is 20.8. The van der Waals surface area contributed by atoms with E-state index in [2.05, 4.69) is 10.6 Å². The van der Waals surface area contributed by atoms with Crippen molar-refractivity contribution in [3.63, 3.8) is 0 Å². The number of methoxy groups -OCH3 is 1. The SMILES string of the molecule is COc1ccccc1CNC(=O)c1ccccc1NC(=O)c1ccc([N+](=O)[O-])o1. The van der Waals surface area contributed by atoms with Gasteiger partial charge in [0.1, 0.15) is 10.7 Å². The van der Waals surface area contributed by atoms with Gasteiger partial charge in [-0.25, -0.2) is 0 Å². The molecule has 2 amide bonds. The Morgan fingerprint density at radius 3 is 2.48 bits per heavy atom. The van der Waals surface area contributed by atoms with Crippen molar-refractivity contribution in [3.05, 3.63) is 87.7 Å². The molecule has 148 valence electrons. The van der Waals surface area contributed by atoms with E-state index in [1.807, 2.05) is 18.2 Å². The van der Waals surface area contributed by atoms with Gasteiger partial charge in [-0.15, -0.1) is 0 Å². The number of nitro groups is 1. The van der Waals surface area contributed by atoms with E-state index < -0.39 is 22.6 Å². The first-order valence-corrected chi connectivity index (χ1v) is 8.54. The number of amides is 2. The minimum Gasteiger partial charge on any atom is -0.496 e. The Balaban J connectivity index is 1.73. The summed E-state index contributed by atoms with van der Waals surface area (Å²) in [5.74, 6) is -1.24. The van der Waals surface area contributed by atoms with Crippen LogP contribution in [-0.4, -0.2) is 23.8 Å². The average molecular weight is 395 g/mol. The van der Waals surface area contributed by atoms with Gasteiger partial charge in [0.15, 0.2) is 5.76 Å². The van der Waals surface area contributed by atoms with Gasteiger partial charge >= 0.3 is 5.88 Å². The largest absolute Gasteiger partial charge is 0.496 e. The summed E-state index contributed by atoms with van der Waals surface area (Å²) in [7, 11) is 1.55. The fourth-order valence-corrected chi connectivity index (χ4v) is 2.64. The highest BCUT2D eigenvalue weighted by Gasteiger charge is 2.19. The van der Waals surface area contributed by atoms with Gasteiger partial charge in [0.25, 0.3) is 11.8 Å². The van der Waals surface area contributed by atoms with E-state index >= 15 is 0 Å². The third kappa shape index (κ3) is 4.59. The van der Waals surface area contributed by atoms with Crippen molar-refractivity contribution < 1.29 is 23.7 Å². The smallest absolute Gasteiger partial charge is 0.433 e. The fourth-order valence-electron chi connectivity index (χ4n) is 2.64. The molecule has 0 fully saturated rings. The van der Waals surface area contributed by atoms with Crippen LogP contribution in [0.2, 0.25) is 0 Å². The Bertz CT molecular complexity index is 1060. The molecule has 0 spiro atoms. The van der Waals surface area contributed by atoms with E-state index in [4.69, 9.17) is 9.15 Å². The predicted octanol–water partition coefficient (Wildman–Crippen LogP) is 3.38. The lowest BCUT2D eigenvalue weighted by molar-refractivity contribution is -0.402. The van der Waals surface area contributed by atoms with Crippen LogP contribution in [0.15, 0.2) is 65.1 Å². The molecule has 0 saturated carbocycles. The Hall–Kier alpha value is -4.14. The average Bonchev–Trinajstić information content (AvgIpc) is 3.23. The van der Waals surface area contributed by atoms with Crippen LogP contribution in [0.25, 0.3) is 0 Å². The van der Waals surface area contributed by atoms with Gasteiger partial charge in [0.05, 0.1) is 24.4 Å². The summed E-state index contributed by atoms with van der Waals surface area (Å²) >= 11 is 0. The zero-order valence-electron chi connectivity index (χ0n) is 15.4. The summed E-state index contributed by atoms with van der Waals surface area (Å²) in [6.07, 6.45) is 0. The molecular formula is C20H17N3O6. The number of ether oxygens (including phenoxy) is 1. The second kappa shape index (κ2) is 8.70. The number of rotatable bonds is 7. The van der Waals surface area contributed by atoms with E-state index in [0.717, 1.165) is 11.6 Å². The van der Waals surface area contributed by atoms with Gasteiger partial charge in [-0.2, -0.15) is 0 Å². The monoisotopic (exact) mass is 395 g/mol. The quantitative estimate of drug-likeness (QED) is 0.467. The molecule has 0 saturated heterocycles. The van der Waals surface area contributed by atoms with E-state index in [-0.39, 0.29) is 23.6 Å². The van der Waals surface area contributed by atoms with Crippen molar-refractivity contribution in [2.75, 3.05) is 12.4 Å². The highest BCUT2D eigenvalue weighted by atomic mass is 16.6. The summed E-state index contributed by atoms with van der Waals surface area (Å²) in [6.45, 7) is 0.232. The molecule has 0 bridgehead atoms. The van der Waals surface area contributed by atoms with Crippen molar-refractivity contribution in [1.29, 1.82) is 0 Å². The molecule has 2 N–H and O–H groups in total. The van der Waals surface area contributed by atoms with Crippen LogP contribution in [-0.2, 0) is 6.54 Å². The predicted molar refractivity (Wildman–Crippen MR) is 104 cm³/mol. The van der Waals surface area contributed by atoms with E-state index in [9.17, 15) is 19.7 Å². The number of carbonyl (C=O) groups is 2. The summed E-state index contributed by atoms with van der Waals surface area (Å²) in [5, 5.41) is 16.0. The van der Waals surface area contributed by atoms with Crippen LogP contribution in [0, 0.1) is 10.1 Å². The second-order valence-electron chi connectivity index (χ2n) is 5.89. The van der Waals surface area contributed by atoms with Crippen molar-refractivity contribution >= 4 is 23.4 Å². The van der Waals surface area contributed by atoms with Crippen LogP contribution in [0.5, 0.6) is 5.75 Å². The molecule has 2 aromatic carbocycles. The fraction of sp³-hybridized carbons (Fsp3) is 0.100. The molecule has 9 heteroatoms. The minimum atomic E-state index is -0.740. The Kier molecular flexibility index (Phi) is 5.88. The Morgan fingerprint density at radius 2 is 1.76 bits per heavy atom. The molecule has 0 radical (unpaired) electrons. The molecule has 1 heterocycles. The number of furan rings is 1. The first-order valence-electron chi connectivity index (χ1n) is 8.54. The van der Waals surface area contributed by atoms with Crippen molar-refractivity contribution in [2.45, 2.75) is 6.54 Å². The summed E-state index contributed by atoms with van der Waals surface area (Å²) in [4.78, 5) is 34.9. The molecule has 3 rings (SSSR count). The van der Waals surface area contributed by atoms with E-state index in [1.54, 1.807) is 37.4 Å². The molecular weight excluding hydrogens is 378 g/mol. The van der Waals surface area contributed by atoms with E-state index in [1.165, 1.54) is 6.07 Å². The first kappa shape index (κ1) is 19.6. The third-order valence-electron chi connectivity index (χ3n) is 4.05. The lowest BCUT2D eigenvalue weighted by Crippen LogP contribution is -2.25. The van der Waals surface area contributed by atoms with Crippen LogP contribution in [0.4, 0.5) is 11.6 Å². The molecule has 3 aromatic rings.